The van der Waals surface area contributed by atoms with Crippen molar-refractivity contribution in [2.24, 2.45) is 5.73 Å². The summed E-state index contributed by atoms with van der Waals surface area (Å²) in [6, 6.07) is 16.9. The first-order valence-corrected chi connectivity index (χ1v) is 9.66. The summed E-state index contributed by atoms with van der Waals surface area (Å²) in [5, 5.41) is 0. The van der Waals surface area contributed by atoms with Crippen molar-refractivity contribution in [3.8, 4) is 5.75 Å². The first kappa shape index (κ1) is 17.3. The SMILES string of the molecule is CCSc1cccc(OC2CCN(Cc3ccccc3)C2)c1CN. The smallest absolute Gasteiger partial charge is 0.125 e. The Bertz CT molecular complexity index is 647. The minimum Gasteiger partial charge on any atom is -0.489 e. The van der Waals surface area contributed by atoms with Crippen LogP contribution in [0.15, 0.2) is 53.4 Å². The fraction of sp³-hybridized carbons (Fsp3) is 0.400. The molecule has 2 aromatic rings. The molecule has 24 heavy (non-hydrogen) atoms. The van der Waals surface area contributed by atoms with Crippen LogP contribution in [-0.2, 0) is 13.1 Å². The number of thioether (sulfide) groups is 1. The highest BCUT2D eigenvalue weighted by molar-refractivity contribution is 7.99. The highest BCUT2D eigenvalue weighted by Crippen LogP contribution is 2.31. The molecular formula is C20H26N2OS. The molecule has 0 aromatic heterocycles. The van der Waals surface area contributed by atoms with E-state index in [2.05, 4.69) is 60.4 Å². The third-order valence-electron chi connectivity index (χ3n) is 4.37. The number of rotatable bonds is 7. The van der Waals surface area contributed by atoms with Crippen molar-refractivity contribution in [2.75, 3.05) is 18.8 Å². The van der Waals surface area contributed by atoms with Crippen molar-refractivity contribution >= 4 is 11.8 Å². The predicted octanol–water partition coefficient (Wildman–Crippen LogP) is 3.91. The van der Waals surface area contributed by atoms with Gasteiger partial charge in [-0.25, -0.2) is 0 Å². The number of nitrogens with two attached hydrogens (primary N) is 1. The number of benzene rings is 2. The van der Waals surface area contributed by atoms with E-state index in [0.717, 1.165) is 43.1 Å². The fourth-order valence-electron chi connectivity index (χ4n) is 3.21. The lowest BCUT2D eigenvalue weighted by atomic mass is 10.2. The van der Waals surface area contributed by atoms with Crippen molar-refractivity contribution in [1.29, 1.82) is 0 Å². The van der Waals surface area contributed by atoms with Gasteiger partial charge in [0.25, 0.3) is 0 Å². The van der Waals surface area contributed by atoms with Gasteiger partial charge in [0.05, 0.1) is 0 Å². The van der Waals surface area contributed by atoms with Crippen LogP contribution in [-0.4, -0.2) is 29.8 Å². The van der Waals surface area contributed by atoms with Crippen LogP contribution in [0.2, 0.25) is 0 Å². The molecule has 1 saturated heterocycles. The van der Waals surface area contributed by atoms with E-state index in [-0.39, 0.29) is 6.10 Å². The molecule has 0 spiro atoms. The molecule has 128 valence electrons. The van der Waals surface area contributed by atoms with Gasteiger partial charge in [0.2, 0.25) is 0 Å². The zero-order chi connectivity index (χ0) is 16.8. The van der Waals surface area contributed by atoms with Gasteiger partial charge in [0.1, 0.15) is 11.9 Å². The van der Waals surface area contributed by atoms with Crippen molar-refractivity contribution < 1.29 is 4.74 Å². The van der Waals surface area contributed by atoms with Gasteiger partial charge < -0.3 is 10.5 Å². The van der Waals surface area contributed by atoms with Gasteiger partial charge in [-0.05, 0) is 29.9 Å². The third-order valence-corrected chi connectivity index (χ3v) is 5.35. The molecule has 0 radical (unpaired) electrons. The van der Waals surface area contributed by atoms with E-state index in [1.54, 1.807) is 0 Å². The molecular weight excluding hydrogens is 316 g/mol. The van der Waals surface area contributed by atoms with Crippen LogP contribution in [0.5, 0.6) is 5.75 Å². The highest BCUT2D eigenvalue weighted by Gasteiger charge is 2.24. The molecule has 1 aliphatic heterocycles. The van der Waals surface area contributed by atoms with Gasteiger partial charge in [-0.15, -0.1) is 11.8 Å². The van der Waals surface area contributed by atoms with Crippen molar-refractivity contribution in [3.05, 3.63) is 59.7 Å². The van der Waals surface area contributed by atoms with E-state index in [9.17, 15) is 0 Å². The molecule has 3 rings (SSSR count). The minimum absolute atomic E-state index is 0.251. The fourth-order valence-corrected chi connectivity index (χ4v) is 4.05. The largest absolute Gasteiger partial charge is 0.489 e. The first-order chi connectivity index (χ1) is 11.8. The Balaban J connectivity index is 1.62. The van der Waals surface area contributed by atoms with Crippen molar-refractivity contribution in [2.45, 2.75) is 37.4 Å². The average molecular weight is 343 g/mol. The predicted molar refractivity (Wildman–Crippen MR) is 101 cm³/mol. The molecule has 1 fully saturated rings. The van der Waals surface area contributed by atoms with E-state index in [0.29, 0.717) is 6.54 Å². The Morgan fingerprint density at radius 3 is 2.75 bits per heavy atom. The standard InChI is InChI=1S/C20H26N2OS/c1-2-24-20-10-6-9-19(18(20)13-21)23-17-11-12-22(15-17)14-16-7-4-3-5-8-16/h3-10,17H,2,11-15,21H2,1H3. The van der Waals surface area contributed by atoms with Gasteiger partial charge in [0.15, 0.2) is 0 Å². The number of nitrogens with zero attached hydrogens (tertiary/aromatic N) is 1. The molecule has 0 amide bonds. The van der Waals surface area contributed by atoms with Gasteiger partial charge in [0, 0.05) is 36.6 Å². The molecule has 1 unspecified atom stereocenters. The van der Waals surface area contributed by atoms with Crippen LogP contribution < -0.4 is 10.5 Å². The maximum atomic E-state index is 6.32. The maximum Gasteiger partial charge on any atom is 0.125 e. The van der Waals surface area contributed by atoms with Crippen LogP contribution in [0.25, 0.3) is 0 Å². The summed E-state index contributed by atoms with van der Waals surface area (Å²) in [6.45, 7) is 5.75. The summed E-state index contributed by atoms with van der Waals surface area (Å²) in [5.74, 6) is 2.01. The Kier molecular flexibility index (Phi) is 6.18. The normalized spacial score (nSPS) is 18.0. The molecule has 2 N–H and O–H groups in total. The van der Waals surface area contributed by atoms with E-state index in [1.807, 2.05) is 11.8 Å². The minimum atomic E-state index is 0.251. The highest BCUT2D eigenvalue weighted by atomic mass is 32.2. The van der Waals surface area contributed by atoms with Crippen molar-refractivity contribution in [1.82, 2.24) is 4.90 Å². The van der Waals surface area contributed by atoms with E-state index in [1.165, 1.54) is 10.5 Å². The molecule has 2 aromatic carbocycles. The Morgan fingerprint density at radius 1 is 1.17 bits per heavy atom. The summed E-state index contributed by atoms with van der Waals surface area (Å²) in [6.07, 6.45) is 1.32. The Hall–Kier alpha value is -1.49. The zero-order valence-corrected chi connectivity index (χ0v) is 15.1. The number of hydrogen-bond acceptors (Lipinski definition) is 4. The summed E-state index contributed by atoms with van der Waals surface area (Å²) in [5.41, 5.74) is 8.49. The molecule has 3 nitrogen and oxygen atoms in total. The van der Waals surface area contributed by atoms with Gasteiger partial charge in [-0.3, -0.25) is 4.90 Å². The monoisotopic (exact) mass is 342 g/mol. The quantitative estimate of drug-likeness (QED) is 0.774. The average Bonchev–Trinajstić information content (AvgIpc) is 3.03. The van der Waals surface area contributed by atoms with Crippen LogP contribution >= 0.6 is 11.8 Å². The molecule has 4 heteroatoms. The van der Waals surface area contributed by atoms with Crippen LogP contribution in [0.3, 0.4) is 0 Å². The molecule has 0 saturated carbocycles. The van der Waals surface area contributed by atoms with E-state index in [4.69, 9.17) is 10.5 Å². The van der Waals surface area contributed by atoms with Crippen LogP contribution in [0, 0.1) is 0 Å². The van der Waals surface area contributed by atoms with Crippen molar-refractivity contribution in [3.63, 3.8) is 0 Å². The second kappa shape index (κ2) is 8.56. The summed E-state index contributed by atoms with van der Waals surface area (Å²) in [7, 11) is 0. The molecule has 1 heterocycles. The first-order valence-electron chi connectivity index (χ1n) is 8.67. The number of likely N-dealkylation sites (tertiary alicyclic amines) is 1. The Morgan fingerprint density at radius 2 is 2.00 bits per heavy atom. The molecule has 1 aliphatic rings. The van der Waals surface area contributed by atoms with Gasteiger partial charge in [-0.2, -0.15) is 0 Å². The van der Waals surface area contributed by atoms with E-state index >= 15 is 0 Å². The second-order valence-electron chi connectivity index (χ2n) is 6.12. The lowest BCUT2D eigenvalue weighted by molar-refractivity contribution is 0.196. The summed E-state index contributed by atoms with van der Waals surface area (Å²) in [4.78, 5) is 3.71. The Labute approximate surface area is 149 Å². The summed E-state index contributed by atoms with van der Waals surface area (Å²) >= 11 is 1.83. The zero-order valence-electron chi connectivity index (χ0n) is 14.3. The lowest BCUT2D eigenvalue weighted by Gasteiger charge is -2.19. The van der Waals surface area contributed by atoms with Gasteiger partial charge >= 0.3 is 0 Å². The molecule has 0 aliphatic carbocycles. The van der Waals surface area contributed by atoms with Gasteiger partial charge in [-0.1, -0.05) is 43.3 Å². The number of hydrogen-bond donors (Lipinski definition) is 1. The summed E-state index contributed by atoms with van der Waals surface area (Å²) < 4.78 is 6.32. The number of ether oxygens (including phenoxy) is 1. The van der Waals surface area contributed by atoms with Crippen LogP contribution in [0.4, 0.5) is 0 Å². The second-order valence-corrected chi connectivity index (χ2v) is 7.43. The molecule has 1 atom stereocenters. The molecule has 0 bridgehead atoms. The maximum absolute atomic E-state index is 6.32. The van der Waals surface area contributed by atoms with Crippen LogP contribution in [0.1, 0.15) is 24.5 Å². The van der Waals surface area contributed by atoms with E-state index < -0.39 is 0 Å². The topological polar surface area (TPSA) is 38.5 Å². The third kappa shape index (κ3) is 4.32. The lowest BCUT2D eigenvalue weighted by Crippen LogP contribution is -2.25.